The van der Waals surface area contributed by atoms with Crippen molar-refractivity contribution in [1.29, 1.82) is 0 Å². The number of benzene rings is 2. The molecule has 0 bridgehead atoms. The van der Waals surface area contributed by atoms with E-state index in [1.165, 1.54) is 0 Å². The number of alkyl halides is 2. The van der Waals surface area contributed by atoms with Crippen molar-refractivity contribution in [2.75, 3.05) is 10.7 Å². The number of rotatable bonds is 2. The van der Waals surface area contributed by atoms with Crippen LogP contribution in [-0.4, -0.2) is 20.5 Å². The number of fused-ring (bicyclic) bond motifs is 2. The maximum absolute atomic E-state index is 13.0. The lowest BCUT2D eigenvalue weighted by atomic mass is 10.1. The lowest BCUT2D eigenvalue weighted by Crippen LogP contribution is -2.40. The van der Waals surface area contributed by atoms with E-state index in [0.29, 0.717) is 33.4 Å². The fourth-order valence-corrected chi connectivity index (χ4v) is 4.36. The molecule has 0 saturated carbocycles. The summed E-state index contributed by atoms with van der Waals surface area (Å²) >= 11 is 6.82. The molecule has 2 aromatic carbocycles. The number of hydroxylamine groups is 2. The quantitative estimate of drug-likeness (QED) is 0.493. The second kappa shape index (κ2) is 6.95. The molecule has 2 aliphatic heterocycles. The Balaban J connectivity index is 2.07. The minimum absolute atomic E-state index is 0.348. The van der Waals surface area contributed by atoms with Crippen molar-refractivity contribution >= 4 is 55.4 Å². The average Bonchev–Trinajstić information content (AvgIpc) is 2.67. The summed E-state index contributed by atoms with van der Waals surface area (Å²) in [5.41, 5.74) is 1.88. The van der Waals surface area contributed by atoms with Crippen LogP contribution in [0, 0.1) is 10.1 Å². The van der Waals surface area contributed by atoms with Crippen LogP contribution >= 0.6 is 31.9 Å². The van der Waals surface area contributed by atoms with Crippen molar-refractivity contribution in [2.24, 2.45) is 0 Å². The molecule has 4 rings (SSSR count). The number of nitroso groups, excluding NO2 is 1. The Labute approximate surface area is 166 Å². The lowest BCUT2D eigenvalue weighted by molar-refractivity contribution is -0.394. The molecule has 0 amide bonds. The zero-order valence-electron chi connectivity index (χ0n) is 13.7. The van der Waals surface area contributed by atoms with Crippen LogP contribution in [0.4, 0.5) is 0 Å². The van der Waals surface area contributed by atoms with Crippen LogP contribution in [0.3, 0.4) is 0 Å². The van der Waals surface area contributed by atoms with Gasteiger partial charge in [-0.15, -0.1) is 0 Å². The highest BCUT2D eigenvalue weighted by Crippen LogP contribution is 2.24. The van der Waals surface area contributed by atoms with Crippen molar-refractivity contribution in [3.63, 3.8) is 0 Å². The van der Waals surface area contributed by atoms with E-state index in [1.54, 1.807) is 12.2 Å². The largest absolute Gasteiger partial charge is 0.754 e. The van der Waals surface area contributed by atoms with Gasteiger partial charge in [-0.05, 0) is 22.6 Å². The fourth-order valence-electron chi connectivity index (χ4n) is 3.30. The smallest absolute Gasteiger partial charge is 0.286 e. The summed E-state index contributed by atoms with van der Waals surface area (Å²) in [7, 11) is 0. The highest BCUT2D eigenvalue weighted by Gasteiger charge is 2.31. The molecule has 0 radical (unpaired) electrons. The Hall–Kier alpha value is -2.02. The monoisotopic (exact) mass is 472 g/mol. The van der Waals surface area contributed by atoms with Gasteiger partial charge >= 0.3 is 0 Å². The van der Waals surface area contributed by atoms with Crippen LogP contribution in [0.1, 0.15) is 0 Å². The second-order valence-corrected chi connectivity index (χ2v) is 7.10. The predicted octanol–water partition coefficient (Wildman–Crippen LogP) is 1.77. The maximum Gasteiger partial charge on any atom is 0.286 e. The van der Waals surface area contributed by atoms with Crippen molar-refractivity contribution in [3.8, 4) is 0 Å². The van der Waals surface area contributed by atoms with Crippen LogP contribution < -0.4 is 20.9 Å². The Bertz CT molecular complexity index is 1200. The molecule has 0 saturated heterocycles. The van der Waals surface area contributed by atoms with Gasteiger partial charge in [-0.3, -0.25) is 0 Å². The topological polar surface area (TPSA) is 46.4 Å². The molecule has 0 unspecified atom stereocenters. The Morgan fingerprint density at radius 3 is 2.15 bits per heavy atom. The van der Waals surface area contributed by atoms with Crippen LogP contribution in [0.2, 0.25) is 0 Å². The van der Waals surface area contributed by atoms with Gasteiger partial charge in [-0.2, -0.15) is 0 Å². The SMILES string of the molecule is O=[N+]1C(=C2C=c3ccccc3=C(CBr)N2[O-])C=c2ccccc2=C1CBr. The van der Waals surface area contributed by atoms with E-state index in [-0.39, 0.29) is 0 Å². The molecule has 0 N–H and O–H groups in total. The van der Waals surface area contributed by atoms with Gasteiger partial charge in [0, 0.05) is 27.2 Å². The molecule has 0 spiro atoms. The van der Waals surface area contributed by atoms with Crippen molar-refractivity contribution in [3.05, 3.63) is 90.9 Å². The fraction of sp³-hybridized carbons (Fsp3) is 0.100. The van der Waals surface area contributed by atoms with E-state index in [4.69, 9.17) is 0 Å². The van der Waals surface area contributed by atoms with Crippen LogP contribution in [0.15, 0.2) is 59.9 Å². The third kappa shape index (κ3) is 2.69. The van der Waals surface area contributed by atoms with Gasteiger partial charge in [0.25, 0.3) is 11.4 Å². The van der Waals surface area contributed by atoms with Gasteiger partial charge in [-0.1, -0.05) is 74.3 Å². The first-order valence-corrected chi connectivity index (χ1v) is 10.3. The molecule has 2 aliphatic rings. The number of nitrogens with zero attached hydrogens (tertiary/aromatic N) is 2. The molecule has 2 heterocycles. The van der Waals surface area contributed by atoms with Gasteiger partial charge in [0.2, 0.25) is 0 Å². The van der Waals surface area contributed by atoms with Crippen molar-refractivity contribution in [2.45, 2.75) is 0 Å². The first-order chi connectivity index (χ1) is 12.7. The first-order valence-electron chi connectivity index (χ1n) is 8.06. The normalized spacial score (nSPS) is 18.9. The molecule has 130 valence electrons. The molecule has 2 aromatic rings. The highest BCUT2D eigenvalue weighted by atomic mass is 79.9. The summed E-state index contributed by atoms with van der Waals surface area (Å²) in [4.78, 5) is 13.0. The molecule has 6 heteroatoms. The predicted molar refractivity (Wildman–Crippen MR) is 111 cm³/mol. The summed E-state index contributed by atoms with van der Waals surface area (Å²) in [6.07, 6.45) is 3.57. The zero-order valence-corrected chi connectivity index (χ0v) is 16.8. The van der Waals surface area contributed by atoms with E-state index >= 15 is 0 Å². The van der Waals surface area contributed by atoms with E-state index in [9.17, 15) is 10.1 Å². The van der Waals surface area contributed by atoms with Crippen LogP contribution in [0.5, 0.6) is 0 Å². The minimum atomic E-state index is 0.348. The summed E-state index contributed by atoms with van der Waals surface area (Å²) < 4.78 is 0.855. The number of halogens is 2. The second-order valence-electron chi connectivity index (χ2n) is 5.98. The van der Waals surface area contributed by atoms with Crippen LogP contribution in [-0.2, 0) is 0 Å². The molecule has 0 atom stereocenters. The third-order valence-electron chi connectivity index (χ3n) is 4.57. The summed E-state index contributed by atoms with van der Waals surface area (Å²) in [5, 5.41) is 18.3. The van der Waals surface area contributed by atoms with E-state index in [0.717, 1.165) is 30.7 Å². The molecule has 4 nitrogen and oxygen atoms in total. The van der Waals surface area contributed by atoms with Crippen molar-refractivity contribution < 1.29 is 4.76 Å². The molecule has 26 heavy (non-hydrogen) atoms. The van der Waals surface area contributed by atoms with E-state index in [2.05, 4.69) is 31.9 Å². The standard InChI is InChI=1S/C20H14Br2N2O2/c21-11-19-15-7-3-1-5-13(15)9-17(23(19)25)18-10-14-6-2-4-8-16(14)20(12-22)24(18)26/h1-10H,11-12H2. The molecular formula is C20H14Br2N2O2. The van der Waals surface area contributed by atoms with E-state index in [1.807, 2.05) is 48.5 Å². The summed E-state index contributed by atoms with van der Waals surface area (Å²) in [5.74, 6) is 0. The summed E-state index contributed by atoms with van der Waals surface area (Å²) in [6, 6.07) is 15.4. The molecule has 0 fully saturated rings. The summed E-state index contributed by atoms with van der Waals surface area (Å²) in [6.45, 7) is 0. The number of hydrogen-bond donors (Lipinski definition) is 0. The Kier molecular flexibility index (Phi) is 4.65. The molecule has 0 aliphatic carbocycles. The average molecular weight is 474 g/mol. The van der Waals surface area contributed by atoms with E-state index < -0.39 is 0 Å². The van der Waals surface area contributed by atoms with Crippen LogP contribution in [0.25, 0.3) is 23.5 Å². The van der Waals surface area contributed by atoms with Gasteiger partial charge in [0.05, 0.1) is 15.3 Å². The minimum Gasteiger partial charge on any atom is -0.754 e. The van der Waals surface area contributed by atoms with Gasteiger partial charge < -0.3 is 10.3 Å². The zero-order chi connectivity index (χ0) is 18.3. The number of allylic oxidation sites excluding steroid dienone is 2. The van der Waals surface area contributed by atoms with Gasteiger partial charge in [0.15, 0.2) is 0 Å². The lowest BCUT2D eigenvalue weighted by Gasteiger charge is -2.35. The Morgan fingerprint density at radius 1 is 0.885 bits per heavy atom. The molecular weight excluding hydrogens is 460 g/mol. The van der Waals surface area contributed by atoms with Crippen molar-refractivity contribution in [1.82, 2.24) is 5.06 Å². The Morgan fingerprint density at radius 2 is 1.50 bits per heavy atom. The third-order valence-corrected chi connectivity index (χ3v) is 5.63. The van der Waals surface area contributed by atoms with Gasteiger partial charge in [-0.25, -0.2) is 0 Å². The van der Waals surface area contributed by atoms with Gasteiger partial charge in [0.1, 0.15) is 5.70 Å². The maximum atomic E-state index is 13.0. The first kappa shape index (κ1) is 17.4. The highest BCUT2D eigenvalue weighted by molar-refractivity contribution is 9.09. The number of hydrogen-bond acceptors (Lipinski definition) is 3. The molecule has 0 aromatic heterocycles.